The summed E-state index contributed by atoms with van der Waals surface area (Å²) in [6, 6.07) is 0. The predicted octanol–water partition coefficient (Wildman–Crippen LogP) is 3.66. The maximum atomic E-state index is 11.4. The minimum Gasteiger partial charge on any atom is -0.490 e. The fourth-order valence-corrected chi connectivity index (χ4v) is 1.27. The Labute approximate surface area is 125 Å². The Morgan fingerprint density at radius 2 is 1.80 bits per heavy atom. The van der Waals surface area contributed by atoms with Crippen LogP contribution in [-0.4, -0.2) is 28.1 Å². The van der Waals surface area contributed by atoms with E-state index in [2.05, 4.69) is 9.97 Å². The Morgan fingerprint density at radius 1 is 1.25 bits per heavy atom. The molecule has 1 aromatic heterocycles. The highest BCUT2D eigenvalue weighted by Crippen LogP contribution is 2.11. The van der Waals surface area contributed by atoms with Crippen molar-refractivity contribution in [3.05, 3.63) is 17.7 Å². The Bertz CT molecular complexity index is 388. The molecule has 1 heterocycles. The average Bonchev–Trinajstić information content (AvgIpc) is 2.37. The molecule has 114 valence electrons. The maximum absolute atomic E-state index is 11.4. The van der Waals surface area contributed by atoms with Crippen LogP contribution >= 0.6 is 11.6 Å². The minimum absolute atomic E-state index is 0.177. The van der Waals surface area contributed by atoms with E-state index in [9.17, 15) is 4.79 Å². The summed E-state index contributed by atoms with van der Waals surface area (Å²) in [5.74, 6) is 0.307. The molecule has 0 radical (unpaired) electrons. The third-order valence-electron chi connectivity index (χ3n) is 1.81. The van der Waals surface area contributed by atoms with E-state index >= 15 is 0 Å². The normalized spacial score (nSPS) is 10.3. The molecule has 1 rings (SSSR count). The zero-order valence-corrected chi connectivity index (χ0v) is 13.5. The number of aromatic nitrogens is 2. The van der Waals surface area contributed by atoms with E-state index in [1.807, 2.05) is 34.6 Å². The van der Waals surface area contributed by atoms with Crippen LogP contribution in [0.25, 0.3) is 0 Å². The van der Waals surface area contributed by atoms with Gasteiger partial charge in [0.05, 0.1) is 19.0 Å². The van der Waals surface area contributed by atoms with Gasteiger partial charge in [0, 0.05) is 6.42 Å². The van der Waals surface area contributed by atoms with Crippen LogP contribution in [0.3, 0.4) is 0 Å². The lowest BCUT2D eigenvalue weighted by atomic mass is 10.2. The highest BCUT2D eigenvalue weighted by atomic mass is 35.5. The lowest BCUT2D eigenvalue weighted by Crippen LogP contribution is -2.23. The van der Waals surface area contributed by atoms with E-state index in [-0.39, 0.29) is 11.3 Å². The number of carbonyl (C=O) groups excluding carboxylic acids is 1. The summed E-state index contributed by atoms with van der Waals surface area (Å²) in [6.45, 7) is 9.93. The molecule has 0 saturated heterocycles. The molecule has 20 heavy (non-hydrogen) atoms. The second kappa shape index (κ2) is 9.53. The largest absolute Gasteiger partial charge is 0.490 e. The fraction of sp³-hybridized carbons (Fsp3) is 0.643. The van der Waals surface area contributed by atoms with E-state index < -0.39 is 5.60 Å². The van der Waals surface area contributed by atoms with Crippen LogP contribution in [0.1, 0.15) is 47.5 Å². The Kier molecular flexibility index (Phi) is 8.88. The SMILES string of the molecule is CC.CC(C)(C)OC(=O)CCCOc1cnc(Cl)nc1. The fourth-order valence-electron chi connectivity index (χ4n) is 1.17. The van der Waals surface area contributed by atoms with Gasteiger partial charge >= 0.3 is 5.97 Å². The number of halogens is 1. The molecular formula is C14H23ClN2O3. The highest BCUT2D eigenvalue weighted by molar-refractivity contribution is 6.28. The molecule has 0 amide bonds. The molecule has 0 saturated carbocycles. The third-order valence-corrected chi connectivity index (χ3v) is 2.01. The van der Waals surface area contributed by atoms with Gasteiger partial charge < -0.3 is 9.47 Å². The number of carbonyl (C=O) groups is 1. The van der Waals surface area contributed by atoms with Crippen LogP contribution in [0.4, 0.5) is 0 Å². The summed E-state index contributed by atoms with van der Waals surface area (Å²) in [5.41, 5.74) is -0.443. The molecule has 0 bridgehead atoms. The van der Waals surface area contributed by atoms with Crippen molar-refractivity contribution in [2.75, 3.05) is 6.61 Å². The smallest absolute Gasteiger partial charge is 0.306 e. The van der Waals surface area contributed by atoms with Crippen molar-refractivity contribution in [3.8, 4) is 5.75 Å². The van der Waals surface area contributed by atoms with Crippen molar-refractivity contribution < 1.29 is 14.3 Å². The molecule has 0 fully saturated rings. The van der Waals surface area contributed by atoms with Crippen LogP contribution in [0.5, 0.6) is 5.75 Å². The van der Waals surface area contributed by atoms with Gasteiger partial charge in [0.1, 0.15) is 5.60 Å². The van der Waals surface area contributed by atoms with E-state index in [1.54, 1.807) is 0 Å². The summed E-state index contributed by atoms with van der Waals surface area (Å²) in [4.78, 5) is 19.0. The van der Waals surface area contributed by atoms with Crippen molar-refractivity contribution in [2.45, 2.75) is 53.1 Å². The van der Waals surface area contributed by atoms with Crippen LogP contribution in [0.15, 0.2) is 12.4 Å². The standard InChI is InChI=1S/C12H17ClN2O3.C2H6/c1-12(2,3)18-10(16)5-4-6-17-9-7-14-11(13)15-8-9;1-2/h7-8H,4-6H2,1-3H3;1-2H3. The van der Waals surface area contributed by atoms with E-state index in [4.69, 9.17) is 21.1 Å². The van der Waals surface area contributed by atoms with Gasteiger partial charge in [0.2, 0.25) is 5.28 Å². The second-order valence-corrected chi connectivity index (χ2v) is 5.06. The van der Waals surface area contributed by atoms with Crippen molar-refractivity contribution >= 4 is 17.6 Å². The van der Waals surface area contributed by atoms with Crippen molar-refractivity contribution in [1.29, 1.82) is 0 Å². The Morgan fingerprint density at radius 3 is 2.30 bits per heavy atom. The number of esters is 1. The summed E-state index contributed by atoms with van der Waals surface area (Å²) in [7, 11) is 0. The van der Waals surface area contributed by atoms with Crippen molar-refractivity contribution in [1.82, 2.24) is 9.97 Å². The quantitative estimate of drug-likeness (QED) is 0.472. The van der Waals surface area contributed by atoms with Crippen LogP contribution in [0, 0.1) is 0 Å². The zero-order chi connectivity index (χ0) is 15.6. The summed E-state index contributed by atoms with van der Waals surface area (Å²) in [6.07, 6.45) is 3.88. The number of nitrogens with zero attached hydrogens (tertiary/aromatic N) is 2. The van der Waals surface area contributed by atoms with Gasteiger partial charge in [-0.3, -0.25) is 4.79 Å². The first-order chi connectivity index (χ1) is 9.37. The zero-order valence-electron chi connectivity index (χ0n) is 12.8. The molecule has 1 aromatic rings. The van der Waals surface area contributed by atoms with Gasteiger partial charge in [-0.2, -0.15) is 0 Å². The second-order valence-electron chi connectivity index (χ2n) is 4.73. The molecule has 0 aliphatic rings. The molecule has 0 spiro atoms. The topological polar surface area (TPSA) is 61.3 Å². The number of ether oxygens (including phenoxy) is 2. The molecule has 0 aromatic carbocycles. The first-order valence-corrected chi connectivity index (χ1v) is 7.07. The van der Waals surface area contributed by atoms with Gasteiger partial charge in [-0.25, -0.2) is 9.97 Å². The van der Waals surface area contributed by atoms with E-state index in [1.165, 1.54) is 12.4 Å². The highest BCUT2D eigenvalue weighted by Gasteiger charge is 2.15. The lowest BCUT2D eigenvalue weighted by Gasteiger charge is -2.19. The number of hydrogen-bond acceptors (Lipinski definition) is 5. The van der Waals surface area contributed by atoms with Crippen LogP contribution < -0.4 is 4.74 Å². The first kappa shape index (κ1) is 18.6. The summed E-state index contributed by atoms with van der Waals surface area (Å²) >= 11 is 5.54. The average molecular weight is 303 g/mol. The molecular weight excluding hydrogens is 280 g/mol. The molecule has 6 heteroatoms. The van der Waals surface area contributed by atoms with Crippen molar-refractivity contribution in [2.24, 2.45) is 0 Å². The minimum atomic E-state index is -0.443. The summed E-state index contributed by atoms with van der Waals surface area (Å²) < 4.78 is 10.5. The monoisotopic (exact) mass is 302 g/mol. The van der Waals surface area contributed by atoms with Gasteiger partial charge in [-0.1, -0.05) is 13.8 Å². The number of rotatable bonds is 5. The van der Waals surface area contributed by atoms with Crippen molar-refractivity contribution in [3.63, 3.8) is 0 Å². The number of hydrogen-bond donors (Lipinski definition) is 0. The Balaban J connectivity index is 0.00000172. The first-order valence-electron chi connectivity index (χ1n) is 6.69. The van der Waals surface area contributed by atoms with Gasteiger partial charge in [-0.15, -0.1) is 0 Å². The molecule has 0 unspecified atom stereocenters. The molecule has 0 aliphatic heterocycles. The molecule has 5 nitrogen and oxygen atoms in total. The van der Waals surface area contributed by atoms with Gasteiger partial charge in [0.15, 0.2) is 5.75 Å². The molecule has 0 atom stereocenters. The van der Waals surface area contributed by atoms with Crippen LogP contribution in [0.2, 0.25) is 5.28 Å². The predicted molar refractivity (Wildman–Crippen MR) is 79.0 cm³/mol. The molecule has 0 aliphatic carbocycles. The third kappa shape index (κ3) is 9.55. The van der Waals surface area contributed by atoms with E-state index in [0.717, 1.165) is 0 Å². The van der Waals surface area contributed by atoms with Crippen LogP contribution in [-0.2, 0) is 9.53 Å². The maximum Gasteiger partial charge on any atom is 0.306 e. The Hall–Kier alpha value is -1.36. The summed E-state index contributed by atoms with van der Waals surface area (Å²) in [5, 5.41) is 0.177. The lowest BCUT2D eigenvalue weighted by molar-refractivity contribution is -0.155. The van der Waals surface area contributed by atoms with Gasteiger partial charge in [0.25, 0.3) is 0 Å². The molecule has 0 N–H and O–H groups in total. The van der Waals surface area contributed by atoms with Gasteiger partial charge in [-0.05, 0) is 38.8 Å². The van der Waals surface area contributed by atoms with E-state index in [0.29, 0.717) is 25.2 Å².